The number of benzene rings is 1. The van der Waals surface area contributed by atoms with Gasteiger partial charge in [0.05, 0.1) is 0 Å². The number of hydrogen-bond donors (Lipinski definition) is 0. The molecule has 13 heavy (non-hydrogen) atoms. The second-order valence-corrected chi connectivity index (χ2v) is 3.85. The van der Waals surface area contributed by atoms with Gasteiger partial charge in [-0.25, -0.2) is 13.2 Å². The fourth-order valence-corrected chi connectivity index (χ4v) is 1.35. The first-order valence-electron chi connectivity index (χ1n) is 3.73. The van der Waals surface area contributed by atoms with Crippen molar-refractivity contribution in [3.8, 4) is 0 Å². The van der Waals surface area contributed by atoms with Crippen LogP contribution in [-0.4, -0.2) is 6.26 Å². The van der Waals surface area contributed by atoms with Crippen LogP contribution < -0.4 is 0 Å². The number of rotatable bonds is 2. The van der Waals surface area contributed by atoms with Crippen molar-refractivity contribution in [2.45, 2.75) is 12.2 Å². The highest BCUT2D eigenvalue weighted by atomic mass is 32.2. The normalized spacial score (nSPS) is 13.0. The average Bonchev–Trinajstić information content (AvgIpc) is 2.12. The lowest BCUT2D eigenvalue weighted by Gasteiger charge is -2.08. The molecule has 0 nitrogen and oxygen atoms in total. The maximum absolute atomic E-state index is 12.7. The zero-order valence-electron chi connectivity index (χ0n) is 7.27. The van der Waals surface area contributed by atoms with Crippen molar-refractivity contribution in [1.29, 1.82) is 0 Å². The molecule has 0 aromatic heterocycles. The molecule has 0 saturated carbocycles. The number of halogens is 3. The fraction of sp³-hybridized carbons (Fsp3) is 0.333. The lowest BCUT2D eigenvalue weighted by molar-refractivity contribution is 0.445. The van der Waals surface area contributed by atoms with Crippen molar-refractivity contribution < 1.29 is 13.2 Å². The van der Waals surface area contributed by atoms with Crippen molar-refractivity contribution in [2.75, 3.05) is 6.26 Å². The topological polar surface area (TPSA) is 0 Å². The zero-order chi connectivity index (χ0) is 10.0. The van der Waals surface area contributed by atoms with Crippen LogP contribution in [0.25, 0.3) is 0 Å². The van der Waals surface area contributed by atoms with Crippen LogP contribution in [-0.2, 0) is 0 Å². The average molecular weight is 206 g/mol. The Morgan fingerprint density at radius 1 is 1.15 bits per heavy atom. The van der Waals surface area contributed by atoms with Gasteiger partial charge >= 0.3 is 0 Å². The third kappa shape index (κ3) is 2.18. The van der Waals surface area contributed by atoms with Gasteiger partial charge in [-0.3, -0.25) is 0 Å². The molecule has 0 radical (unpaired) electrons. The second-order valence-electron chi connectivity index (χ2n) is 2.68. The Balaban J connectivity index is 3.13. The predicted octanol–water partition coefficient (Wildman–Crippen LogP) is 3.53. The molecular weight excluding hydrogens is 197 g/mol. The number of hydrogen-bond acceptors (Lipinski definition) is 1. The Kier molecular flexibility index (Phi) is 3.25. The molecule has 1 rings (SSSR count). The highest BCUT2D eigenvalue weighted by Crippen LogP contribution is 2.27. The van der Waals surface area contributed by atoms with Gasteiger partial charge in [0, 0.05) is 5.25 Å². The van der Waals surface area contributed by atoms with Crippen molar-refractivity contribution in [3.63, 3.8) is 0 Å². The molecule has 0 spiro atoms. The number of thioether (sulfide) groups is 1. The van der Waals surface area contributed by atoms with Crippen molar-refractivity contribution in [3.05, 3.63) is 35.1 Å². The fourth-order valence-electron chi connectivity index (χ4n) is 0.946. The van der Waals surface area contributed by atoms with E-state index in [9.17, 15) is 13.2 Å². The van der Waals surface area contributed by atoms with E-state index in [4.69, 9.17) is 0 Å². The van der Waals surface area contributed by atoms with E-state index in [1.807, 2.05) is 6.26 Å². The van der Waals surface area contributed by atoms with E-state index < -0.39 is 17.5 Å². The molecule has 0 aliphatic rings. The van der Waals surface area contributed by atoms with E-state index in [2.05, 4.69) is 0 Å². The molecule has 0 N–H and O–H groups in total. The van der Waals surface area contributed by atoms with Gasteiger partial charge in [-0.1, -0.05) is 0 Å². The summed E-state index contributed by atoms with van der Waals surface area (Å²) in [5.74, 6) is -3.66. The molecule has 1 unspecified atom stereocenters. The molecule has 0 aliphatic heterocycles. The van der Waals surface area contributed by atoms with E-state index in [0.29, 0.717) is 5.56 Å². The summed E-state index contributed by atoms with van der Waals surface area (Å²) in [4.78, 5) is 0. The first-order valence-corrected chi connectivity index (χ1v) is 5.02. The van der Waals surface area contributed by atoms with Crippen LogP contribution >= 0.6 is 11.8 Å². The zero-order valence-corrected chi connectivity index (χ0v) is 8.09. The molecule has 0 bridgehead atoms. The molecule has 0 fully saturated rings. The lowest BCUT2D eigenvalue weighted by atomic mass is 10.1. The Labute approximate surface area is 79.1 Å². The molecule has 1 aromatic carbocycles. The summed E-state index contributed by atoms with van der Waals surface area (Å²) in [6.45, 7) is 1.80. The van der Waals surface area contributed by atoms with E-state index in [1.165, 1.54) is 11.8 Å². The summed E-state index contributed by atoms with van der Waals surface area (Å²) < 4.78 is 37.9. The van der Waals surface area contributed by atoms with E-state index in [0.717, 1.165) is 12.1 Å². The summed E-state index contributed by atoms with van der Waals surface area (Å²) in [6.07, 6.45) is 1.82. The summed E-state index contributed by atoms with van der Waals surface area (Å²) in [5, 5.41) is -0.0374. The molecular formula is C9H9F3S. The minimum atomic E-state index is -1.41. The third-order valence-electron chi connectivity index (χ3n) is 1.83. The molecule has 72 valence electrons. The van der Waals surface area contributed by atoms with Gasteiger partial charge in [-0.2, -0.15) is 11.8 Å². The Morgan fingerprint density at radius 3 is 2.00 bits per heavy atom. The van der Waals surface area contributed by atoms with Gasteiger partial charge < -0.3 is 0 Å². The maximum atomic E-state index is 12.7. The van der Waals surface area contributed by atoms with Gasteiger partial charge in [-0.15, -0.1) is 0 Å². The Morgan fingerprint density at radius 2 is 1.62 bits per heavy atom. The van der Waals surface area contributed by atoms with E-state index >= 15 is 0 Å². The van der Waals surface area contributed by atoms with Crippen LogP contribution in [0.15, 0.2) is 12.1 Å². The standard InChI is InChI=1S/C9H9F3S/c1-5(13-2)6-3-7(10)9(12)8(11)4-6/h3-5H,1-2H3. The Bertz CT molecular complexity index is 289. The van der Waals surface area contributed by atoms with Gasteiger partial charge in [0.2, 0.25) is 0 Å². The van der Waals surface area contributed by atoms with Crippen molar-refractivity contribution >= 4 is 11.8 Å². The SMILES string of the molecule is CSC(C)c1cc(F)c(F)c(F)c1. The quantitative estimate of drug-likeness (QED) is 0.667. The molecule has 0 amide bonds. The predicted molar refractivity (Wildman–Crippen MR) is 48.2 cm³/mol. The van der Waals surface area contributed by atoms with Crippen LogP contribution in [0.3, 0.4) is 0 Å². The monoisotopic (exact) mass is 206 g/mol. The largest absolute Gasteiger partial charge is 0.204 e. The first kappa shape index (κ1) is 10.4. The molecule has 1 aromatic rings. The van der Waals surface area contributed by atoms with E-state index in [-0.39, 0.29) is 5.25 Å². The van der Waals surface area contributed by atoms with Gasteiger partial charge in [0.15, 0.2) is 17.5 Å². The molecule has 0 saturated heterocycles. The minimum Gasteiger partial charge on any atom is -0.204 e. The summed E-state index contributed by atoms with van der Waals surface area (Å²) >= 11 is 1.45. The minimum absolute atomic E-state index is 0.0374. The van der Waals surface area contributed by atoms with Gasteiger partial charge in [0.1, 0.15) is 0 Å². The molecule has 4 heteroatoms. The second kappa shape index (κ2) is 4.05. The lowest BCUT2D eigenvalue weighted by Crippen LogP contribution is -1.96. The van der Waals surface area contributed by atoms with Gasteiger partial charge in [0.25, 0.3) is 0 Å². The van der Waals surface area contributed by atoms with Crippen LogP contribution in [0.5, 0.6) is 0 Å². The molecule has 0 heterocycles. The highest BCUT2D eigenvalue weighted by Gasteiger charge is 2.13. The van der Waals surface area contributed by atoms with Crippen molar-refractivity contribution in [2.24, 2.45) is 0 Å². The van der Waals surface area contributed by atoms with Crippen LogP contribution in [0, 0.1) is 17.5 Å². The smallest absolute Gasteiger partial charge is 0.194 e. The first-order chi connectivity index (χ1) is 6.06. The van der Waals surface area contributed by atoms with Crippen LogP contribution in [0.2, 0.25) is 0 Å². The van der Waals surface area contributed by atoms with E-state index in [1.54, 1.807) is 6.92 Å². The van der Waals surface area contributed by atoms with Crippen molar-refractivity contribution in [1.82, 2.24) is 0 Å². The molecule has 0 aliphatic carbocycles. The van der Waals surface area contributed by atoms with Crippen LogP contribution in [0.4, 0.5) is 13.2 Å². The van der Waals surface area contributed by atoms with Crippen LogP contribution in [0.1, 0.15) is 17.7 Å². The Hall–Kier alpha value is -0.640. The maximum Gasteiger partial charge on any atom is 0.194 e. The third-order valence-corrected chi connectivity index (χ3v) is 2.81. The van der Waals surface area contributed by atoms with Gasteiger partial charge in [-0.05, 0) is 30.9 Å². The molecule has 1 atom stereocenters. The summed E-state index contributed by atoms with van der Waals surface area (Å²) in [7, 11) is 0. The highest BCUT2D eigenvalue weighted by molar-refractivity contribution is 7.98. The summed E-state index contributed by atoms with van der Waals surface area (Å²) in [6, 6.07) is 2.05. The summed E-state index contributed by atoms with van der Waals surface area (Å²) in [5.41, 5.74) is 0.462.